The predicted octanol–water partition coefficient (Wildman–Crippen LogP) is 3.75. The standard InChI is InChI=1S/C24H17N9/c25-6-5-24(11-16(12-24)13-26)33-30-14-21(31-33)19-9-17(10-20-18(19)3-1-7-27-20)22-15-28-23-4-2-8-29-32(22)23/h1-4,7-10,14-16H,5,11-12H2/t16-,24+. The van der Waals surface area contributed by atoms with Crippen molar-refractivity contribution in [1.29, 1.82) is 10.5 Å². The minimum absolute atomic E-state index is 0.0659. The third-order valence-electron chi connectivity index (χ3n) is 6.33. The van der Waals surface area contributed by atoms with Gasteiger partial charge in [-0.2, -0.15) is 30.6 Å². The van der Waals surface area contributed by atoms with Gasteiger partial charge < -0.3 is 0 Å². The van der Waals surface area contributed by atoms with E-state index in [2.05, 4.69) is 32.3 Å². The van der Waals surface area contributed by atoms with Gasteiger partial charge in [0.05, 0.1) is 53.6 Å². The van der Waals surface area contributed by atoms with Crippen LogP contribution >= 0.6 is 0 Å². The van der Waals surface area contributed by atoms with Crippen molar-refractivity contribution in [3.8, 4) is 34.7 Å². The molecule has 4 aromatic heterocycles. The van der Waals surface area contributed by atoms with Crippen LogP contribution in [0.5, 0.6) is 0 Å². The molecule has 0 atom stereocenters. The number of pyridine rings is 1. The Morgan fingerprint density at radius 1 is 1.03 bits per heavy atom. The lowest BCUT2D eigenvalue weighted by atomic mass is 9.68. The van der Waals surface area contributed by atoms with Gasteiger partial charge in [0.1, 0.15) is 5.69 Å². The topological polar surface area (TPSA) is 121 Å². The minimum atomic E-state index is -0.523. The summed E-state index contributed by atoms with van der Waals surface area (Å²) in [6, 6.07) is 16.3. The number of imidazole rings is 1. The fourth-order valence-electron chi connectivity index (χ4n) is 4.66. The van der Waals surface area contributed by atoms with Crippen LogP contribution in [0.1, 0.15) is 19.3 Å². The highest BCUT2D eigenvalue weighted by Crippen LogP contribution is 2.45. The predicted molar refractivity (Wildman–Crippen MR) is 119 cm³/mol. The highest BCUT2D eigenvalue weighted by molar-refractivity contribution is 5.97. The van der Waals surface area contributed by atoms with Gasteiger partial charge in [-0.05, 0) is 43.2 Å². The smallest absolute Gasteiger partial charge is 0.154 e. The molecule has 1 aliphatic carbocycles. The van der Waals surface area contributed by atoms with Crippen molar-refractivity contribution in [1.82, 2.24) is 34.6 Å². The summed E-state index contributed by atoms with van der Waals surface area (Å²) >= 11 is 0. The molecule has 33 heavy (non-hydrogen) atoms. The quantitative estimate of drug-likeness (QED) is 0.425. The summed E-state index contributed by atoms with van der Waals surface area (Å²) in [7, 11) is 0. The van der Waals surface area contributed by atoms with Crippen molar-refractivity contribution in [2.24, 2.45) is 5.92 Å². The highest BCUT2D eigenvalue weighted by Gasteiger charge is 2.48. The molecule has 0 N–H and O–H groups in total. The molecule has 1 fully saturated rings. The van der Waals surface area contributed by atoms with Gasteiger partial charge in [-0.3, -0.25) is 4.98 Å². The molecule has 5 aromatic rings. The van der Waals surface area contributed by atoms with Gasteiger partial charge in [0, 0.05) is 28.9 Å². The molecule has 1 aliphatic rings. The van der Waals surface area contributed by atoms with Crippen LogP contribution in [0.3, 0.4) is 0 Å². The Morgan fingerprint density at radius 3 is 2.76 bits per heavy atom. The van der Waals surface area contributed by atoms with Crippen LogP contribution in [-0.2, 0) is 5.54 Å². The number of rotatable bonds is 4. The Morgan fingerprint density at radius 2 is 1.91 bits per heavy atom. The zero-order valence-electron chi connectivity index (χ0n) is 17.5. The molecule has 158 valence electrons. The zero-order valence-corrected chi connectivity index (χ0v) is 17.5. The molecule has 9 heteroatoms. The summed E-state index contributed by atoms with van der Waals surface area (Å²) in [6.45, 7) is 0. The van der Waals surface area contributed by atoms with Gasteiger partial charge in [0.15, 0.2) is 5.65 Å². The molecule has 1 saturated carbocycles. The molecule has 9 nitrogen and oxygen atoms in total. The van der Waals surface area contributed by atoms with Crippen LogP contribution in [0.2, 0.25) is 0 Å². The first-order valence-electron chi connectivity index (χ1n) is 10.6. The maximum atomic E-state index is 9.36. The fraction of sp³-hybridized carbons (Fsp3) is 0.208. The Bertz CT molecular complexity index is 1590. The van der Waals surface area contributed by atoms with Crippen LogP contribution in [0.25, 0.3) is 39.1 Å². The van der Waals surface area contributed by atoms with Crippen LogP contribution in [0.4, 0.5) is 0 Å². The van der Waals surface area contributed by atoms with E-state index >= 15 is 0 Å². The van der Waals surface area contributed by atoms with Crippen molar-refractivity contribution in [3.63, 3.8) is 0 Å². The van der Waals surface area contributed by atoms with E-state index < -0.39 is 5.54 Å². The monoisotopic (exact) mass is 431 g/mol. The summed E-state index contributed by atoms with van der Waals surface area (Å²) in [5.74, 6) is -0.0659. The molecule has 1 aromatic carbocycles. The second-order valence-corrected chi connectivity index (χ2v) is 8.34. The summed E-state index contributed by atoms with van der Waals surface area (Å²) in [5.41, 5.74) is 4.40. The first-order valence-corrected chi connectivity index (χ1v) is 10.6. The third-order valence-corrected chi connectivity index (χ3v) is 6.33. The van der Waals surface area contributed by atoms with E-state index in [1.807, 2.05) is 36.4 Å². The second-order valence-electron chi connectivity index (χ2n) is 8.34. The van der Waals surface area contributed by atoms with E-state index in [9.17, 15) is 10.5 Å². The first kappa shape index (κ1) is 19.1. The van der Waals surface area contributed by atoms with E-state index in [1.54, 1.807) is 34.1 Å². The number of aromatic nitrogens is 7. The van der Waals surface area contributed by atoms with Crippen LogP contribution in [0, 0.1) is 28.6 Å². The number of fused-ring (bicyclic) bond motifs is 2. The Labute approximate surface area is 188 Å². The van der Waals surface area contributed by atoms with Crippen LogP contribution in [0.15, 0.2) is 61.2 Å². The van der Waals surface area contributed by atoms with Crippen LogP contribution in [-0.4, -0.2) is 34.6 Å². The molecule has 0 bridgehead atoms. The molecular weight excluding hydrogens is 414 g/mol. The number of nitriles is 2. The summed E-state index contributed by atoms with van der Waals surface area (Å²) in [6.07, 6.45) is 8.45. The van der Waals surface area contributed by atoms with Crippen LogP contribution < -0.4 is 0 Å². The molecule has 4 heterocycles. The molecule has 0 saturated heterocycles. The largest absolute Gasteiger partial charge is 0.256 e. The van der Waals surface area contributed by atoms with Gasteiger partial charge in [-0.15, -0.1) is 0 Å². The van der Waals surface area contributed by atoms with E-state index in [1.165, 1.54) is 0 Å². The number of benzene rings is 1. The van der Waals surface area contributed by atoms with E-state index in [0.29, 0.717) is 18.5 Å². The van der Waals surface area contributed by atoms with E-state index in [4.69, 9.17) is 5.10 Å². The Hall–Kier alpha value is -4.63. The molecule has 0 radical (unpaired) electrons. The maximum absolute atomic E-state index is 9.36. The lowest BCUT2D eigenvalue weighted by Crippen LogP contribution is -2.47. The summed E-state index contributed by atoms with van der Waals surface area (Å²) in [4.78, 5) is 10.7. The normalized spacial score (nSPS) is 19.8. The third kappa shape index (κ3) is 2.94. The number of hydrogen-bond donors (Lipinski definition) is 0. The van der Waals surface area contributed by atoms with Crippen molar-refractivity contribution < 1.29 is 0 Å². The Balaban J connectivity index is 1.50. The van der Waals surface area contributed by atoms with Gasteiger partial charge >= 0.3 is 0 Å². The van der Waals surface area contributed by atoms with E-state index in [0.717, 1.165) is 33.4 Å². The van der Waals surface area contributed by atoms with Gasteiger partial charge in [0.25, 0.3) is 0 Å². The fourth-order valence-corrected chi connectivity index (χ4v) is 4.66. The van der Waals surface area contributed by atoms with E-state index in [-0.39, 0.29) is 12.3 Å². The molecule has 0 unspecified atom stereocenters. The van der Waals surface area contributed by atoms with Gasteiger partial charge in [-0.1, -0.05) is 6.07 Å². The molecule has 0 spiro atoms. The SMILES string of the molecule is N#CC[C@]1(n2ncc(-c3cc(-c4cnc5cccnn45)cc4ncccc34)n2)C[C@@H](C#N)C1. The minimum Gasteiger partial charge on any atom is -0.256 e. The maximum Gasteiger partial charge on any atom is 0.154 e. The highest BCUT2D eigenvalue weighted by atomic mass is 15.5. The summed E-state index contributed by atoms with van der Waals surface area (Å²) < 4.78 is 1.79. The van der Waals surface area contributed by atoms with Gasteiger partial charge in [0.2, 0.25) is 0 Å². The van der Waals surface area contributed by atoms with Crippen molar-refractivity contribution >= 4 is 16.6 Å². The lowest BCUT2D eigenvalue weighted by Gasteiger charge is -2.42. The number of hydrogen-bond acceptors (Lipinski definition) is 7. The van der Waals surface area contributed by atoms with Crippen molar-refractivity contribution in [2.75, 3.05) is 0 Å². The van der Waals surface area contributed by atoms with Crippen molar-refractivity contribution in [2.45, 2.75) is 24.8 Å². The second kappa shape index (κ2) is 7.21. The molecule has 0 aliphatic heterocycles. The zero-order chi connectivity index (χ0) is 22.4. The summed E-state index contributed by atoms with van der Waals surface area (Å²) in [5, 5.41) is 33.3. The average molecular weight is 431 g/mol. The molecular formula is C24H17N9. The lowest BCUT2D eigenvalue weighted by molar-refractivity contribution is 0.0713. The average Bonchev–Trinajstić information content (AvgIpc) is 3.48. The van der Waals surface area contributed by atoms with Crippen molar-refractivity contribution in [3.05, 3.63) is 61.2 Å². The molecule has 0 amide bonds. The molecule has 6 rings (SSSR count). The number of nitrogens with zero attached hydrogens (tertiary/aromatic N) is 9. The van der Waals surface area contributed by atoms with Gasteiger partial charge in [-0.25, -0.2) is 9.50 Å². The Kier molecular flexibility index (Phi) is 4.17. The first-order chi connectivity index (χ1) is 16.2.